The monoisotopic (exact) mass is 219 g/mol. The summed E-state index contributed by atoms with van der Waals surface area (Å²) < 4.78 is 0. The van der Waals surface area contributed by atoms with Crippen LogP contribution in [-0.4, -0.2) is 17.1 Å². The predicted octanol–water partition coefficient (Wildman–Crippen LogP) is 2.37. The zero-order valence-electron chi connectivity index (χ0n) is 9.49. The van der Waals surface area contributed by atoms with Crippen molar-refractivity contribution in [3.63, 3.8) is 0 Å². The van der Waals surface area contributed by atoms with Gasteiger partial charge in [-0.15, -0.1) is 0 Å². The van der Waals surface area contributed by atoms with Gasteiger partial charge >= 0.3 is 0 Å². The molecule has 1 aromatic carbocycles. The van der Waals surface area contributed by atoms with E-state index >= 15 is 0 Å². The Labute approximate surface area is 95.5 Å². The minimum Gasteiger partial charge on any atom is -0.508 e. The van der Waals surface area contributed by atoms with E-state index in [1.807, 2.05) is 0 Å². The molecule has 1 saturated carbocycles. The molecular formula is C13H17NO2. The Balaban J connectivity index is 2.05. The Bertz CT molecular complexity index is 395. The second-order valence-electron chi connectivity index (χ2n) is 4.46. The molecule has 0 unspecified atom stereocenters. The van der Waals surface area contributed by atoms with Gasteiger partial charge in [-0.25, -0.2) is 0 Å². The summed E-state index contributed by atoms with van der Waals surface area (Å²) in [6.45, 7) is 1.79. The van der Waals surface area contributed by atoms with Gasteiger partial charge in [0, 0.05) is 11.6 Å². The lowest BCUT2D eigenvalue weighted by Gasteiger charge is -2.12. The van der Waals surface area contributed by atoms with E-state index in [9.17, 15) is 9.90 Å². The van der Waals surface area contributed by atoms with Crippen molar-refractivity contribution in [1.29, 1.82) is 0 Å². The van der Waals surface area contributed by atoms with Gasteiger partial charge in [0.2, 0.25) is 0 Å². The summed E-state index contributed by atoms with van der Waals surface area (Å²) in [5.41, 5.74) is 1.36. The van der Waals surface area contributed by atoms with Gasteiger partial charge in [-0.05, 0) is 43.5 Å². The van der Waals surface area contributed by atoms with Crippen molar-refractivity contribution in [3.05, 3.63) is 29.3 Å². The fourth-order valence-corrected chi connectivity index (χ4v) is 2.14. The minimum absolute atomic E-state index is 0.0324. The largest absolute Gasteiger partial charge is 0.508 e. The summed E-state index contributed by atoms with van der Waals surface area (Å²) in [6.07, 6.45) is 4.59. The Morgan fingerprint density at radius 3 is 2.69 bits per heavy atom. The molecule has 1 amide bonds. The first-order valence-corrected chi connectivity index (χ1v) is 5.77. The van der Waals surface area contributed by atoms with Gasteiger partial charge in [-0.1, -0.05) is 12.8 Å². The molecule has 0 radical (unpaired) electrons. The number of carbonyl (C=O) groups excluding carboxylic acids is 1. The molecule has 16 heavy (non-hydrogen) atoms. The molecule has 2 rings (SSSR count). The van der Waals surface area contributed by atoms with E-state index in [4.69, 9.17) is 0 Å². The van der Waals surface area contributed by atoms with Crippen LogP contribution in [-0.2, 0) is 0 Å². The number of aryl methyl sites for hydroxylation is 1. The molecule has 0 saturated heterocycles. The molecule has 0 heterocycles. The lowest BCUT2D eigenvalue weighted by molar-refractivity contribution is 0.0938. The second kappa shape index (κ2) is 4.56. The lowest BCUT2D eigenvalue weighted by atomic mass is 10.1. The first kappa shape index (κ1) is 11.0. The molecule has 2 N–H and O–H groups in total. The molecule has 1 fully saturated rings. The minimum atomic E-state index is -0.0324. The normalized spacial score (nSPS) is 16.3. The molecule has 0 spiro atoms. The van der Waals surface area contributed by atoms with Gasteiger partial charge in [-0.2, -0.15) is 0 Å². The maximum Gasteiger partial charge on any atom is 0.251 e. The number of nitrogens with one attached hydrogen (secondary N) is 1. The maximum absolute atomic E-state index is 11.9. The van der Waals surface area contributed by atoms with E-state index in [2.05, 4.69) is 5.32 Å². The smallest absolute Gasteiger partial charge is 0.251 e. The highest BCUT2D eigenvalue weighted by atomic mass is 16.3. The Morgan fingerprint density at radius 2 is 2.06 bits per heavy atom. The molecule has 0 bridgehead atoms. The molecule has 0 aromatic heterocycles. The second-order valence-corrected chi connectivity index (χ2v) is 4.46. The number of aromatic hydroxyl groups is 1. The molecule has 86 valence electrons. The summed E-state index contributed by atoms with van der Waals surface area (Å²) in [6, 6.07) is 5.28. The summed E-state index contributed by atoms with van der Waals surface area (Å²) in [7, 11) is 0. The predicted molar refractivity (Wildman–Crippen MR) is 62.6 cm³/mol. The number of carbonyl (C=O) groups is 1. The van der Waals surface area contributed by atoms with Crippen LogP contribution in [0.2, 0.25) is 0 Å². The summed E-state index contributed by atoms with van der Waals surface area (Å²) in [5.74, 6) is 0.201. The van der Waals surface area contributed by atoms with Crippen molar-refractivity contribution in [2.24, 2.45) is 0 Å². The van der Waals surface area contributed by atoms with Crippen molar-refractivity contribution in [3.8, 4) is 5.75 Å². The van der Waals surface area contributed by atoms with Crippen LogP contribution in [0.1, 0.15) is 41.6 Å². The maximum atomic E-state index is 11.9. The number of hydrogen-bond donors (Lipinski definition) is 2. The van der Waals surface area contributed by atoms with Crippen LogP contribution in [0, 0.1) is 6.92 Å². The van der Waals surface area contributed by atoms with E-state index < -0.39 is 0 Å². The van der Waals surface area contributed by atoms with E-state index in [1.165, 1.54) is 12.8 Å². The van der Waals surface area contributed by atoms with Crippen molar-refractivity contribution in [2.75, 3.05) is 0 Å². The lowest BCUT2D eigenvalue weighted by Crippen LogP contribution is -2.32. The molecular weight excluding hydrogens is 202 g/mol. The standard InChI is InChI=1S/C13H17NO2/c1-9-8-10(6-7-12(9)15)13(16)14-11-4-2-3-5-11/h6-8,11,15H,2-5H2,1H3,(H,14,16). The number of rotatable bonds is 2. The highest BCUT2D eigenvalue weighted by Gasteiger charge is 2.18. The first-order chi connectivity index (χ1) is 7.66. The van der Waals surface area contributed by atoms with Gasteiger partial charge in [0.05, 0.1) is 0 Å². The third-order valence-electron chi connectivity index (χ3n) is 3.15. The average molecular weight is 219 g/mol. The zero-order valence-corrected chi connectivity index (χ0v) is 9.49. The molecule has 1 aliphatic carbocycles. The van der Waals surface area contributed by atoms with Crippen LogP contribution in [0.3, 0.4) is 0 Å². The Kier molecular flexibility index (Phi) is 3.13. The Hall–Kier alpha value is -1.51. The van der Waals surface area contributed by atoms with Crippen molar-refractivity contribution in [2.45, 2.75) is 38.6 Å². The number of amides is 1. The van der Waals surface area contributed by atoms with Gasteiger partial charge in [-0.3, -0.25) is 4.79 Å². The molecule has 0 atom stereocenters. The number of phenolic OH excluding ortho intramolecular Hbond substituents is 1. The number of hydrogen-bond acceptors (Lipinski definition) is 2. The molecule has 3 nitrogen and oxygen atoms in total. The van der Waals surface area contributed by atoms with Crippen LogP contribution in [0.5, 0.6) is 5.75 Å². The van der Waals surface area contributed by atoms with E-state index in [1.54, 1.807) is 25.1 Å². The fourth-order valence-electron chi connectivity index (χ4n) is 2.14. The van der Waals surface area contributed by atoms with Gasteiger partial charge in [0.1, 0.15) is 5.75 Å². The quantitative estimate of drug-likeness (QED) is 0.802. The van der Waals surface area contributed by atoms with Crippen LogP contribution < -0.4 is 5.32 Å². The SMILES string of the molecule is Cc1cc(C(=O)NC2CCCC2)ccc1O. The summed E-state index contributed by atoms with van der Waals surface area (Å²) >= 11 is 0. The van der Waals surface area contributed by atoms with E-state index in [0.29, 0.717) is 11.6 Å². The topological polar surface area (TPSA) is 49.3 Å². The van der Waals surface area contributed by atoms with Crippen molar-refractivity contribution >= 4 is 5.91 Å². The highest BCUT2D eigenvalue weighted by molar-refractivity contribution is 5.94. The summed E-state index contributed by atoms with van der Waals surface area (Å²) in [4.78, 5) is 11.9. The fraction of sp³-hybridized carbons (Fsp3) is 0.462. The molecule has 3 heteroatoms. The third-order valence-corrected chi connectivity index (χ3v) is 3.15. The Morgan fingerprint density at radius 1 is 1.38 bits per heavy atom. The van der Waals surface area contributed by atoms with Gasteiger partial charge in [0.25, 0.3) is 5.91 Å². The summed E-state index contributed by atoms with van der Waals surface area (Å²) in [5, 5.41) is 12.4. The van der Waals surface area contributed by atoms with Gasteiger partial charge < -0.3 is 10.4 Å². The molecule has 1 aromatic rings. The molecule has 0 aliphatic heterocycles. The van der Waals surface area contributed by atoms with Crippen LogP contribution in [0.25, 0.3) is 0 Å². The van der Waals surface area contributed by atoms with Crippen LogP contribution in [0.15, 0.2) is 18.2 Å². The first-order valence-electron chi connectivity index (χ1n) is 5.77. The van der Waals surface area contributed by atoms with Gasteiger partial charge in [0.15, 0.2) is 0 Å². The van der Waals surface area contributed by atoms with Crippen LogP contribution >= 0.6 is 0 Å². The average Bonchev–Trinajstić information content (AvgIpc) is 2.74. The number of phenols is 1. The van der Waals surface area contributed by atoms with Crippen LogP contribution in [0.4, 0.5) is 0 Å². The number of benzene rings is 1. The van der Waals surface area contributed by atoms with E-state index in [-0.39, 0.29) is 11.7 Å². The van der Waals surface area contributed by atoms with E-state index in [0.717, 1.165) is 18.4 Å². The third kappa shape index (κ3) is 2.35. The highest BCUT2D eigenvalue weighted by Crippen LogP contribution is 2.20. The zero-order chi connectivity index (χ0) is 11.5. The van der Waals surface area contributed by atoms with Crippen molar-refractivity contribution < 1.29 is 9.90 Å². The van der Waals surface area contributed by atoms with Crippen molar-refractivity contribution in [1.82, 2.24) is 5.32 Å². The molecule has 1 aliphatic rings.